The van der Waals surface area contributed by atoms with E-state index in [9.17, 15) is 4.79 Å². The fourth-order valence-corrected chi connectivity index (χ4v) is 2.11. The van der Waals surface area contributed by atoms with Gasteiger partial charge in [0.15, 0.2) is 6.10 Å². The van der Waals surface area contributed by atoms with Crippen molar-refractivity contribution in [3.05, 3.63) is 23.8 Å². The van der Waals surface area contributed by atoms with Gasteiger partial charge in [-0.2, -0.15) is 0 Å². The maximum absolute atomic E-state index is 12.1. The van der Waals surface area contributed by atoms with Gasteiger partial charge in [-0.15, -0.1) is 0 Å². The van der Waals surface area contributed by atoms with E-state index in [4.69, 9.17) is 9.84 Å². The number of benzene rings is 1. The van der Waals surface area contributed by atoms with Crippen LogP contribution in [0.15, 0.2) is 18.2 Å². The third kappa shape index (κ3) is 2.34. The maximum Gasteiger partial charge on any atom is 0.267 e. The Hall–Kier alpha value is -1.55. The van der Waals surface area contributed by atoms with Crippen molar-refractivity contribution in [1.29, 1.82) is 0 Å². The fourth-order valence-electron chi connectivity index (χ4n) is 2.11. The molecule has 1 aromatic carbocycles. The van der Waals surface area contributed by atoms with Crippen LogP contribution in [0.2, 0.25) is 0 Å². The molecule has 4 heteroatoms. The Bertz CT molecular complexity index is 456. The molecule has 0 aromatic heterocycles. The summed E-state index contributed by atoms with van der Waals surface area (Å²) in [5.41, 5.74) is 1.59. The minimum absolute atomic E-state index is 0.00653. The van der Waals surface area contributed by atoms with Gasteiger partial charge in [-0.1, -0.05) is 19.9 Å². The van der Waals surface area contributed by atoms with Gasteiger partial charge in [0.05, 0.1) is 12.3 Å². The molecule has 1 aromatic rings. The van der Waals surface area contributed by atoms with Crippen molar-refractivity contribution in [3.8, 4) is 5.75 Å². The van der Waals surface area contributed by atoms with Gasteiger partial charge in [-0.25, -0.2) is 0 Å². The third-order valence-corrected chi connectivity index (χ3v) is 2.96. The van der Waals surface area contributed by atoms with E-state index in [-0.39, 0.29) is 12.5 Å². The second-order valence-electron chi connectivity index (χ2n) is 5.06. The molecule has 18 heavy (non-hydrogen) atoms. The summed E-state index contributed by atoms with van der Waals surface area (Å²) in [5.74, 6) is 1.06. The Balaban J connectivity index is 2.40. The van der Waals surface area contributed by atoms with Crippen molar-refractivity contribution in [2.75, 3.05) is 11.4 Å². The molecule has 1 heterocycles. The molecule has 0 radical (unpaired) electrons. The summed E-state index contributed by atoms with van der Waals surface area (Å²) in [4.78, 5) is 13.9. The Labute approximate surface area is 107 Å². The highest BCUT2D eigenvalue weighted by Crippen LogP contribution is 2.35. The van der Waals surface area contributed by atoms with Crippen molar-refractivity contribution in [1.82, 2.24) is 0 Å². The van der Waals surface area contributed by atoms with Gasteiger partial charge in [0.1, 0.15) is 5.75 Å². The molecule has 1 amide bonds. The molecule has 1 aliphatic heterocycles. The molecule has 98 valence electrons. The maximum atomic E-state index is 12.1. The second kappa shape index (κ2) is 4.98. The number of rotatable bonds is 3. The first-order valence-corrected chi connectivity index (χ1v) is 6.24. The van der Waals surface area contributed by atoms with E-state index in [1.54, 1.807) is 17.9 Å². The zero-order valence-electron chi connectivity index (χ0n) is 11.0. The summed E-state index contributed by atoms with van der Waals surface area (Å²) in [7, 11) is 0. The van der Waals surface area contributed by atoms with Crippen molar-refractivity contribution >= 4 is 11.6 Å². The van der Waals surface area contributed by atoms with Gasteiger partial charge >= 0.3 is 0 Å². The summed E-state index contributed by atoms with van der Waals surface area (Å²) in [5, 5.41) is 9.13. The van der Waals surface area contributed by atoms with Crippen LogP contribution in [0, 0.1) is 5.92 Å². The molecule has 2 rings (SSSR count). The molecule has 4 nitrogen and oxygen atoms in total. The number of anilines is 1. The third-order valence-electron chi connectivity index (χ3n) is 2.96. The summed E-state index contributed by atoms with van der Waals surface area (Å²) < 4.78 is 5.60. The Morgan fingerprint density at radius 1 is 1.44 bits per heavy atom. The first-order chi connectivity index (χ1) is 8.52. The lowest BCUT2D eigenvalue weighted by atomic mass is 10.1. The van der Waals surface area contributed by atoms with Crippen LogP contribution in [0.4, 0.5) is 5.69 Å². The number of carbonyl (C=O) groups excluding carboxylic acids is 1. The van der Waals surface area contributed by atoms with Crippen LogP contribution >= 0.6 is 0 Å². The quantitative estimate of drug-likeness (QED) is 0.890. The predicted octanol–water partition coefficient (Wildman–Crippen LogP) is 1.95. The van der Waals surface area contributed by atoms with Crippen LogP contribution in [0.1, 0.15) is 26.3 Å². The van der Waals surface area contributed by atoms with Crippen molar-refractivity contribution in [2.45, 2.75) is 33.5 Å². The van der Waals surface area contributed by atoms with E-state index >= 15 is 0 Å². The van der Waals surface area contributed by atoms with Crippen molar-refractivity contribution < 1.29 is 14.6 Å². The molecule has 0 bridgehead atoms. The SMILES string of the molecule is CC(C)CN1C(=O)C(C)Oc2cc(CO)ccc21. The largest absolute Gasteiger partial charge is 0.479 e. The second-order valence-corrected chi connectivity index (χ2v) is 5.06. The summed E-state index contributed by atoms with van der Waals surface area (Å²) >= 11 is 0. The lowest BCUT2D eigenvalue weighted by molar-refractivity contribution is -0.125. The number of aliphatic hydroxyl groups is 1. The van der Waals surface area contributed by atoms with Crippen LogP contribution in [0.3, 0.4) is 0 Å². The molecule has 0 saturated heterocycles. The van der Waals surface area contributed by atoms with Crippen molar-refractivity contribution in [3.63, 3.8) is 0 Å². The van der Waals surface area contributed by atoms with E-state index in [1.807, 2.05) is 12.1 Å². The van der Waals surface area contributed by atoms with Gasteiger partial charge in [0.25, 0.3) is 5.91 Å². The molecular formula is C14H19NO3. The highest BCUT2D eigenvalue weighted by molar-refractivity contribution is 5.99. The summed E-state index contributed by atoms with van der Waals surface area (Å²) in [6.45, 7) is 6.57. The van der Waals surface area contributed by atoms with E-state index in [0.29, 0.717) is 18.2 Å². The highest BCUT2D eigenvalue weighted by atomic mass is 16.5. The number of amides is 1. The number of fused-ring (bicyclic) bond motifs is 1. The van der Waals surface area contributed by atoms with Crippen LogP contribution in [0.5, 0.6) is 5.75 Å². The number of hydrogen-bond acceptors (Lipinski definition) is 3. The van der Waals surface area contributed by atoms with Crippen molar-refractivity contribution in [2.24, 2.45) is 5.92 Å². The first-order valence-electron chi connectivity index (χ1n) is 6.24. The lowest BCUT2D eigenvalue weighted by Gasteiger charge is -2.34. The van der Waals surface area contributed by atoms with Gasteiger partial charge in [-0.05, 0) is 30.5 Å². The molecule has 0 fully saturated rings. The Morgan fingerprint density at radius 3 is 2.78 bits per heavy atom. The fraction of sp³-hybridized carbons (Fsp3) is 0.500. The van der Waals surface area contributed by atoms with E-state index in [2.05, 4.69) is 13.8 Å². The first kappa shape index (κ1) is 12.9. The molecule has 0 spiro atoms. The van der Waals surface area contributed by atoms with Gasteiger partial charge < -0.3 is 14.7 Å². The summed E-state index contributed by atoms with van der Waals surface area (Å²) in [6, 6.07) is 5.46. The standard InChI is InChI=1S/C14H19NO3/c1-9(2)7-15-12-5-4-11(8-16)6-13(12)18-10(3)14(15)17/h4-6,9-10,16H,7-8H2,1-3H3. The van der Waals surface area contributed by atoms with Gasteiger partial charge in [-0.3, -0.25) is 4.79 Å². The van der Waals surface area contributed by atoms with Crippen LogP contribution in [-0.4, -0.2) is 23.7 Å². The Morgan fingerprint density at radius 2 is 2.17 bits per heavy atom. The summed E-state index contributed by atoms with van der Waals surface area (Å²) in [6.07, 6.45) is -0.467. The van der Waals surface area contributed by atoms with Gasteiger partial charge in [0, 0.05) is 6.54 Å². The zero-order valence-corrected chi connectivity index (χ0v) is 11.0. The normalized spacial score (nSPS) is 18.8. The average molecular weight is 249 g/mol. The average Bonchev–Trinajstić information content (AvgIpc) is 2.33. The molecular weight excluding hydrogens is 230 g/mol. The van der Waals surface area contributed by atoms with E-state index in [1.165, 1.54) is 0 Å². The number of hydrogen-bond donors (Lipinski definition) is 1. The van der Waals surface area contributed by atoms with Crippen LogP contribution < -0.4 is 9.64 Å². The molecule has 1 N–H and O–H groups in total. The molecule has 0 aliphatic carbocycles. The van der Waals surface area contributed by atoms with Gasteiger partial charge in [0.2, 0.25) is 0 Å². The molecule has 1 aliphatic rings. The van der Waals surface area contributed by atoms with Crippen LogP contribution in [0.25, 0.3) is 0 Å². The number of carbonyl (C=O) groups is 1. The number of aliphatic hydroxyl groups excluding tert-OH is 1. The smallest absolute Gasteiger partial charge is 0.267 e. The van der Waals surface area contributed by atoms with E-state index in [0.717, 1.165) is 11.3 Å². The zero-order chi connectivity index (χ0) is 13.3. The molecule has 1 unspecified atom stereocenters. The predicted molar refractivity (Wildman–Crippen MR) is 69.6 cm³/mol. The molecule has 1 atom stereocenters. The highest BCUT2D eigenvalue weighted by Gasteiger charge is 2.31. The minimum atomic E-state index is -0.467. The lowest BCUT2D eigenvalue weighted by Crippen LogP contribution is -2.46. The minimum Gasteiger partial charge on any atom is -0.479 e. The number of ether oxygens (including phenoxy) is 1. The Kier molecular flexibility index (Phi) is 3.57. The topological polar surface area (TPSA) is 49.8 Å². The van der Waals surface area contributed by atoms with E-state index < -0.39 is 6.10 Å². The monoisotopic (exact) mass is 249 g/mol. The molecule has 0 saturated carbocycles. The number of nitrogens with zero attached hydrogens (tertiary/aromatic N) is 1. The van der Waals surface area contributed by atoms with Crippen LogP contribution in [-0.2, 0) is 11.4 Å².